The van der Waals surface area contributed by atoms with E-state index in [1.165, 1.54) is 17.3 Å². The molecule has 2 aromatic rings. The number of aliphatic carboxylic acids is 1. The highest BCUT2D eigenvalue weighted by atomic mass is 28.5. The predicted molar refractivity (Wildman–Crippen MR) is 185 cm³/mol. The summed E-state index contributed by atoms with van der Waals surface area (Å²) in [6, 6.07) is 30.3. The maximum atomic E-state index is 9.60. The number of rotatable bonds is 17. The first kappa shape index (κ1) is 37.4. The van der Waals surface area contributed by atoms with Gasteiger partial charge in [0.2, 0.25) is 0 Å². The molecule has 1 N–H and O–H groups in total. The maximum absolute atomic E-state index is 9.60. The quantitative estimate of drug-likeness (QED) is 0.140. The Morgan fingerprint density at radius 1 is 0.585 bits per heavy atom. The van der Waals surface area contributed by atoms with E-state index in [1.807, 2.05) is 0 Å². The lowest BCUT2D eigenvalue weighted by Gasteiger charge is -2.48. The molecular weight excluding hydrogens is 577 g/mol. The lowest BCUT2D eigenvalue weighted by atomic mass is 10.4. The number of benzene rings is 2. The zero-order valence-corrected chi connectivity index (χ0v) is 31.2. The SMILES string of the molecule is C=C(C)C(=O)O.CC[Si](CC)(CC)O[Si](CC)(O[Si](CC)(O[Si](CC)(CC)CC)c1ccccc1)c1ccccc1. The second-order valence-corrected chi connectivity index (χ2v) is 27.8. The van der Waals surface area contributed by atoms with Crippen LogP contribution >= 0.6 is 0 Å². The molecule has 2 atom stereocenters. The molecule has 41 heavy (non-hydrogen) atoms. The van der Waals surface area contributed by atoms with Crippen LogP contribution in [0.5, 0.6) is 0 Å². The van der Waals surface area contributed by atoms with E-state index in [0.29, 0.717) is 0 Å². The lowest BCUT2D eigenvalue weighted by molar-refractivity contribution is -0.132. The molecule has 0 spiro atoms. The monoisotopic (exact) mass is 632 g/mol. The Hall–Kier alpha value is -1.60. The van der Waals surface area contributed by atoms with Crippen LogP contribution in [0.4, 0.5) is 0 Å². The third kappa shape index (κ3) is 9.71. The Morgan fingerprint density at radius 3 is 1.05 bits per heavy atom. The number of hydrogen-bond acceptors (Lipinski definition) is 4. The molecule has 9 heteroatoms. The van der Waals surface area contributed by atoms with Gasteiger partial charge in [-0.3, -0.25) is 0 Å². The van der Waals surface area contributed by atoms with Crippen LogP contribution in [-0.4, -0.2) is 44.8 Å². The van der Waals surface area contributed by atoms with Gasteiger partial charge < -0.3 is 17.5 Å². The van der Waals surface area contributed by atoms with E-state index in [2.05, 4.69) is 123 Å². The van der Waals surface area contributed by atoms with E-state index in [4.69, 9.17) is 17.5 Å². The molecule has 0 fully saturated rings. The van der Waals surface area contributed by atoms with Crippen LogP contribution in [-0.2, 0) is 17.1 Å². The third-order valence-electron chi connectivity index (χ3n) is 8.68. The van der Waals surface area contributed by atoms with Gasteiger partial charge in [-0.2, -0.15) is 0 Å². The summed E-state index contributed by atoms with van der Waals surface area (Å²) in [5.41, 5.74) is 0.176. The molecule has 0 aliphatic heterocycles. The van der Waals surface area contributed by atoms with Crippen LogP contribution in [0.2, 0.25) is 48.4 Å². The molecule has 5 nitrogen and oxygen atoms in total. The van der Waals surface area contributed by atoms with Crippen molar-refractivity contribution in [3.63, 3.8) is 0 Å². The second-order valence-electron chi connectivity index (χ2n) is 10.8. The van der Waals surface area contributed by atoms with Gasteiger partial charge in [0.05, 0.1) is 0 Å². The van der Waals surface area contributed by atoms with E-state index in [-0.39, 0.29) is 5.57 Å². The summed E-state index contributed by atoms with van der Waals surface area (Å²) in [4.78, 5) is 9.60. The summed E-state index contributed by atoms with van der Waals surface area (Å²) in [5.74, 6) is -0.935. The van der Waals surface area contributed by atoms with E-state index in [0.717, 1.165) is 48.4 Å². The summed E-state index contributed by atoms with van der Waals surface area (Å²) < 4.78 is 22.8. The summed E-state index contributed by atoms with van der Waals surface area (Å²) in [6.07, 6.45) is 0. The molecule has 0 bridgehead atoms. The Labute approximate surface area is 255 Å². The molecule has 230 valence electrons. The largest absolute Gasteiger partial charge is 0.478 e. The van der Waals surface area contributed by atoms with Gasteiger partial charge in [0.25, 0.3) is 0 Å². The van der Waals surface area contributed by atoms with Crippen molar-refractivity contribution in [2.75, 3.05) is 0 Å². The van der Waals surface area contributed by atoms with Gasteiger partial charge in [0.1, 0.15) is 0 Å². The first-order valence-electron chi connectivity index (χ1n) is 15.6. The highest BCUT2D eigenvalue weighted by Crippen LogP contribution is 2.35. The first-order valence-corrected chi connectivity index (χ1v) is 24.7. The second kappa shape index (κ2) is 17.5. The van der Waals surface area contributed by atoms with Crippen molar-refractivity contribution in [1.29, 1.82) is 0 Å². The van der Waals surface area contributed by atoms with Crippen LogP contribution in [0.1, 0.15) is 62.3 Å². The molecule has 2 unspecified atom stereocenters. The fourth-order valence-corrected chi connectivity index (χ4v) is 26.9. The van der Waals surface area contributed by atoms with Gasteiger partial charge in [-0.15, -0.1) is 0 Å². The molecule has 0 heterocycles. The van der Waals surface area contributed by atoms with E-state index >= 15 is 0 Å². The Balaban J connectivity index is 0.00000126. The van der Waals surface area contributed by atoms with Gasteiger partial charge in [-0.25, -0.2) is 4.79 Å². The van der Waals surface area contributed by atoms with Crippen LogP contribution in [0.3, 0.4) is 0 Å². The zero-order valence-electron chi connectivity index (χ0n) is 27.2. The highest BCUT2D eigenvalue weighted by molar-refractivity contribution is 7.00. The summed E-state index contributed by atoms with van der Waals surface area (Å²) >= 11 is 0. The standard InChI is InChI=1S/C28H50O3Si4.C4H6O2/c1-9-32(10-2,11-3)29-34(15-7,27-23-19-17-20-24-27)31-35(16-8,28-25-21-18-22-26-28)30-33(12-4,13-5)14-6;1-3(2)4(5)6/h17-26H,9-16H2,1-8H3;1H2,2H3,(H,5,6). The Kier molecular flexibility index (Phi) is 16.0. The van der Waals surface area contributed by atoms with Crippen molar-refractivity contribution in [2.45, 2.75) is 111 Å². The van der Waals surface area contributed by atoms with Crippen molar-refractivity contribution in [3.05, 3.63) is 72.8 Å². The number of carboxylic acid groups (broad SMARTS) is 1. The van der Waals surface area contributed by atoms with Crippen molar-refractivity contribution >= 4 is 50.1 Å². The molecule has 0 saturated carbocycles. The average molecular weight is 633 g/mol. The fraction of sp³-hybridized carbons (Fsp3) is 0.531. The van der Waals surface area contributed by atoms with Crippen molar-refractivity contribution in [2.24, 2.45) is 0 Å². The smallest absolute Gasteiger partial charge is 0.353 e. The van der Waals surface area contributed by atoms with Crippen molar-refractivity contribution in [1.82, 2.24) is 0 Å². The van der Waals surface area contributed by atoms with Gasteiger partial charge in [-0.1, -0.05) is 123 Å². The minimum atomic E-state index is -2.80. The van der Waals surface area contributed by atoms with Gasteiger partial charge >= 0.3 is 23.1 Å². The Bertz CT molecular complexity index is 945. The molecule has 0 aromatic heterocycles. The molecule has 2 aromatic carbocycles. The molecule has 2 rings (SSSR count). The molecule has 0 aliphatic carbocycles. The topological polar surface area (TPSA) is 65.0 Å². The lowest BCUT2D eigenvalue weighted by Crippen LogP contribution is -2.70. The number of carboxylic acids is 1. The number of hydrogen-bond donors (Lipinski definition) is 1. The molecule has 0 radical (unpaired) electrons. The van der Waals surface area contributed by atoms with Crippen LogP contribution in [0.25, 0.3) is 0 Å². The van der Waals surface area contributed by atoms with Crippen molar-refractivity contribution in [3.8, 4) is 0 Å². The summed E-state index contributed by atoms with van der Waals surface area (Å²) in [7, 11) is -9.48. The van der Waals surface area contributed by atoms with E-state index in [1.54, 1.807) is 0 Å². The minimum absolute atomic E-state index is 0.176. The molecule has 0 saturated heterocycles. The third-order valence-corrected chi connectivity index (χ3v) is 29.4. The van der Waals surface area contributed by atoms with E-state index in [9.17, 15) is 4.79 Å². The highest BCUT2D eigenvalue weighted by Gasteiger charge is 2.55. The van der Waals surface area contributed by atoms with Gasteiger partial charge in [0.15, 0.2) is 16.6 Å². The van der Waals surface area contributed by atoms with Crippen LogP contribution < -0.4 is 10.4 Å². The first-order chi connectivity index (χ1) is 19.5. The van der Waals surface area contributed by atoms with Gasteiger partial charge in [-0.05, 0) is 65.6 Å². The molecular formula is C32H56O5Si4. The zero-order chi connectivity index (χ0) is 31.2. The summed E-state index contributed by atoms with van der Waals surface area (Å²) in [5, 5.41) is 10.4. The van der Waals surface area contributed by atoms with Gasteiger partial charge in [0, 0.05) is 5.57 Å². The minimum Gasteiger partial charge on any atom is -0.478 e. The molecule has 0 amide bonds. The maximum Gasteiger partial charge on any atom is 0.353 e. The van der Waals surface area contributed by atoms with Crippen LogP contribution in [0, 0.1) is 0 Å². The van der Waals surface area contributed by atoms with Crippen molar-refractivity contribution < 1.29 is 22.2 Å². The number of carbonyl (C=O) groups is 1. The molecule has 0 aliphatic rings. The Morgan fingerprint density at radius 2 is 0.854 bits per heavy atom. The fourth-order valence-electron chi connectivity index (χ4n) is 5.26. The summed E-state index contributed by atoms with van der Waals surface area (Å²) in [6.45, 7) is 23.1. The predicted octanol–water partition coefficient (Wildman–Crippen LogP) is 8.43. The van der Waals surface area contributed by atoms with Crippen LogP contribution in [0.15, 0.2) is 72.8 Å². The average Bonchev–Trinajstić information content (AvgIpc) is 3.02. The normalized spacial score (nSPS) is 14.8. The van der Waals surface area contributed by atoms with E-state index < -0.39 is 39.7 Å².